The summed E-state index contributed by atoms with van der Waals surface area (Å²) in [6, 6.07) is 12.9. The summed E-state index contributed by atoms with van der Waals surface area (Å²) in [5.41, 5.74) is 0. The molecule has 0 N–H and O–H groups in total. The zero-order valence-electron chi connectivity index (χ0n) is 13.1. The van der Waals surface area contributed by atoms with E-state index >= 15 is 0 Å². The molecule has 0 spiro atoms. The predicted molar refractivity (Wildman–Crippen MR) is 94.3 cm³/mol. The van der Waals surface area contributed by atoms with Gasteiger partial charge in [0, 0.05) is 5.02 Å². The number of rotatable bonds is 9. The van der Waals surface area contributed by atoms with Crippen molar-refractivity contribution in [3.63, 3.8) is 0 Å². The van der Waals surface area contributed by atoms with E-state index in [1.807, 2.05) is 31.2 Å². The average Bonchev–Trinajstić information content (AvgIpc) is 2.54. The summed E-state index contributed by atoms with van der Waals surface area (Å²) in [5, 5.41) is 1.13. The third-order valence-corrected chi connectivity index (χ3v) is 3.62. The van der Waals surface area contributed by atoms with Gasteiger partial charge in [-0.3, -0.25) is 0 Å². The fraction of sp³-hybridized carbons (Fsp3) is 0.333. The largest absolute Gasteiger partial charge is 0.494 e. The van der Waals surface area contributed by atoms with Gasteiger partial charge in [-0.2, -0.15) is 0 Å². The van der Waals surface area contributed by atoms with E-state index in [0.29, 0.717) is 35.6 Å². The first-order valence-corrected chi connectivity index (χ1v) is 8.38. The Morgan fingerprint density at radius 3 is 2.00 bits per heavy atom. The Balaban J connectivity index is 1.62. The molecule has 2 rings (SSSR count). The van der Waals surface area contributed by atoms with Gasteiger partial charge in [-0.05, 0) is 62.2 Å². The van der Waals surface area contributed by atoms with Gasteiger partial charge in [0.2, 0.25) is 0 Å². The van der Waals surface area contributed by atoms with E-state index in [4.69, 9.17) is 37.4 Å². The summed E-state index contributed by atoms with van der Waals surface area (Å²) in [5.74, 6) is 2.35. The highest BCUT2D eigenvalue weighted by atomic mass is 35.5. The van der Waals surface area contributed by atoms with Crippen molar-refractivity contribution in [1.82, 2.24) is 0 Å². The van der Waals surface area contributed by atoms with Gasteiger partial charge in [0.25, 0.3) is 0 Å². The molecule has 0 amide bonds. The van der Waals surface area contributed by atoms with Crippen LogP contribution in [0, 0.1) is 0 Å². The second-order valence-electron chi connectivity index (χ2n) is 4.88. The number of benzene rings is 2. The molecule has 124 valence electrons. The lowest BCUT2D eigenvalue weighted by Crippen LogP contribution is -2.03. The quantitative estimate of drug-likeness (QED) is 0.546. The molecule has 5 heteroatoms. The van der Waals surface area contributed by atoms with Gasteiger partial charge in [-0.1, -0.05) is 23.2 Å². The van der Waals surface area contributed by atoms with Crippen molar-refractivity contribution in [3.8, 4) is 17.2 Å². The van der Waals surface area contributed by atoms with Gasteiger partial charge >= 0.3 is 0 Å². The lowest BCUT2D eigenvalue weighted by molar-refractivity contribution is 0.266. The van der Waals surface area contributed by atoms with Crippen molar-refractivity contribution in [2.45, 2.75) is 19.8 Å². The molecule has 0 heterocycles. The Hall–Kier alpha value is -1.58. The zero-order valence-corrected chi connectivity index (χ0v) is 14.6. The maximum absolute atomic E-state index is 6.04. The smallest absolute Gasteiger partial charge is 0.137 e. The summed E-state index contributed by atoms with van der Waals surface area (Å²) < 4.78 is 16.7. The first-order chi connectivity index (χ1) is 11.2. The minimum atomic E-state index is 0.531. The first kappa shape index (κ1) is 17.8. The van der Waals surface area contributed by atoms with Gasteiger partial charge in [-0.25, -0.2) is 0 Å². The highest BCUT2D eigenvalue weighted by molar-refractivity contribution is 6.35. The van der Waals surface area contributed by atoms with Crippen LogP contribution in [0.15, 0.2) is 42.5 Å². The summed E-state index contributed by atoms with van der Waals surface area (Å²) in [7, 11) is 0. The van der Waals surface area contributed by atoms with E-state index < -0.39 is 0 Å². The van der Waals surface area contributed by atoms with Crippen LogP contribution in [-0.4, -0.2) is 19.8 Å². The number of ether oxygens (including phenoxy) is 3. The van der Waals surface area contributed by atoms with E-state index in [1.165, 1.54) is 0 Å². The Labute approximate surface area is 147 Å². The molecule has 0 radical (unpaired) electrons. The Kier molecular flexibility index (Phi) is 7.37. The SMILES string of the molecule is CCOc1ccc(OCCCCOc2ccc(Cl)cc2Cl)cc1. The molecule has 0 aromatic heterocycles. The standard InChI is InChI=1S/C18H20Cl2O3/c1-2-21-15-6-8-16(9-7-15)22-11-3-4-12-23-18-10-5-14(19)13-17(18)20/h5-10,13H,2-4,11-12H2,1H3. The van der Waals surface area contributed by atoms with Crippen LogP contribution in [0.4, 0.5) is 0 Å². The van der Waals surface area contributed by atoms with Crippen LogP contribution in [0.2, 0.25) is 10.0 Å². The minimum absolute atomic E-state index is 0.531. The van der Waals surface area contributed by atoms with E-state index in [2.05, 4.69) is 0 Å². The molecule has 2 aromatic rings. The van der Waals surface area contributed by atoms with Gasteiger partial charge < -0.3 is 14.2 Å². The van der Waals surface area contributed by atoms with Crippen LogP contribution in [0.5, 0.6) is 17.2 Å². The molecule has 3 nitrogen and oxygen atoms in total. The molecule has 0 unspecified atom stereocenters. The molecular formula is C18H20Cl2O3. The van der Waals surface area contributed by atoms with E-state index in [0.717, 1.165) is 24.3 Å². The maximum Gasteiger partial charge on any atom is 0.137 e. The summed E-state index contributed by atoms with van der Waals surface area (Å²) >= 11 is 11.9. The first-order valence-electron chi connectivity index (χ1n) is 7.62. The molecule has 0 bridgehead atoms. The number of halogens is 2. The minimum Gasteiger partial charge on any atom is -0.494 e. The van der Waals surface area contributed by atoms with Gasteiger partial charge in [-0.15, -0.1) is 0 Å². The third-order valence-electron chi connectivity index (χ3n) is 3.09. The molecule has 0 fully saturated rings. The predicted octanol–water partition coefficient (Wildman–Crippen LogP) is 5.63. The highest BCUT2D eigenvalue weighted by Gasteiger charge is 2.02. The monoisotopic (exact) mass is 354 g/mol. The second-order valence-corrected chi connectivity index (χ2v) is 5.73. The third kappa shape index (κ3) is 6.20. The highest BCUT2D eigenvalue weighted by Crippen LogP contribution is 2.27. The molecule has 2 aromatic carbocycles. The summed E-state index contributed by atoms with van der Waals surface area (Å²) in [6.07, 6.45) is 1.79. The lowest BCUT2D eigenvalue weighted by atomic mass is 10.3. The van der Waals surface area contributed by atoms with E-state index in [9.17, 15) is 0 Å². The molecule has 0 atom stereocenters. The fourth-order valence-electron chi connectivity index (χ4n) is 1.97. The molecule has 0 saturated carbocycles. The Morgan fingerprint density at radius 2 is 1.39 bits per heavy atom. The number of hydrogen-bond donors (Lipinski definition) is 0. The molecule has 23 heavy (non-hydrogen) atoms. The van der Waals surface area contributed by atoms with E-state index in [-0.39, 0.29) is 0 Å². The summed E-state index contributed by atoms with van der Waals surface area (Å²) in [6.45, 7) is 3.86. The summed E-state index contributed by atoms with van der Waals surface area (Å²) in [4.78, 5) is 0. The van der Waals surface area contributed by atoms with Crippen LogP contribution < -0.4 is 14.2 Å². The average molecular weight is 355 g/mol. The van der Waals surface area contributed by atoms with Crippen LogP contribution >= 0.6 is 23.2 Å². The van der Waals surface area contributed by atoms with Crippen molar-refractivity contribution < 1.29 is 14.2 Å². The van der Waals surface area contributed by atoms with E-state index in [1.54, 1.807) is 18.2 Å². The normalized spacial score (nSPS) is 10.4. The van der Waals surface area contributed by atoms with Crippen LogP contribution in [0.3, 0.4) is 0 Å². The molecule has 0 saturated heterocycles. The van der Waals surface area contributed by atoms with Crippen LogP contribution in [0.25, 0.3) is 0 Å². The van der Waals surface area contributed by atoms with Crippen molar-refractivity contribution in [2.24, 2.45) is 0 Å². The van der Waals surface area contributed by atoms with Crippen molar-refractivity contribution in [2.75, 3.05) is 19.8 Å². The van der Waals surface area contributed by atoms with Crippen LogP contribution in [-0.2, 0) is 0 Å². The van der Waals surface area contributed by atoms with Gasteiger partial charge in [0.05, 0.1) is 24.8 Å². The Morgan fingerprint density at radius 1 is 0.783 bits per heavy atom. The van der Waals surface area contributed by atoms with Crippen molar-refractivity contribution in [3.05, 3.63) is 52.5 Å². The maximum atomic E-state index is 6.04. The fourth-order valence-corrected chi connectivity index (χ4v) is 2.43. The second kappa shape index (κ2) is 9.53. The zero-order chi connectivity index (χ0) is 16.5. The van der Waals surface area contributed by atoms with Gasteiger partial charge in [0.1, 0.15) is 17.2 Å². The molecule has 0 aliphatic rings. The van der Waals surface area contributed by atoms with Crippen molar-refractivity contribution >= 4 is 23.2 Å². The lowest BCUT2D eigenvalue weighted by Gasteiger charge is -2.09. The number of unbranched alkanes of at least 4 members (excludes halogenated alkanes) is 1. The van der Waals surface area contributed by atoms with Gasteiger partial charge in [0.15, 0.2) is 0 Å². The Bertz CT molecular complexity index is 600. The van der Waals surface area contributed by atoms with Crippen molar-refractivity contribution in [1.29, 1.82) is 0 Å². The number of hydrogen-bond acceptors (Lipinski definition) is 3. The molecule has 0 aliphatic carbocycles. The van der Waals surface area contributed by atoms with Crippen LogP contribution in [0.1, 0.15) is 19.8 Å². The molecular weight excluding hydrogens is 335 g/mol. The molecule has 0 aliphatic heterocycles. The topological polar surface area (TPSA) is 27.7 Å².